The van der Waals surface area contributed by atoms with Gasteiger partial charge < -0.3 is 9.88 Å². The van der Waals surface area contributed by atoms with Crippen molar-refractivity contribution in [3.8, 4) is 0 Å². The summed E-state index contributed by atoms with van der Waals surface area (Å²) < 4.78 is 2.08. The van der Waals surface area contributed by atoms with Crippen LogP contribution in [0, 0.1) is 13.8 Å². The van der Waals surface area contributed by atoms with Crippen molar-refractivity contribution >= 4 is 29.4 Å². The Kier molecular flexibility index (Phi) is 8.54. The maximum atomic E-state index is 12.5. The molecule has 2 aromatic carbocycles. The topological polar surface area (TPSA) is 92.2 Å². The van der Waals surface area contributed by atoms with Crippen molar-refractivity contribution in [2.24, 2.45) is 0 Å². The summed E-state index contributed by atoms with van der Waals surface area (Å²) in [4.78, 5) is 27.2. The summed E-state index contributed by atoms with van der Waals surface area (Å²) in [5.41, 5.74) is 4.01. The van der Waals surface area contributed by atoms with Crippen molar-refractivity contribution in [1.29, 1.82) is 0 Å². The van der Waals surface area contributed by atoms with Crippen LogP contribution in [0.15, 0.2) is 53.7 Å². The van der Waals surface area contributed by atoms with Gasteiger partial charge in [0.1, 0.15) is 5.82 Å². The highest BCUT2D eigenvalue weighted by molar-refractivity contribution is 7.99. The SMILES string of the molecule is Cc1ccc(NC(=O)NC(=O)CSc2nnc(CN3CCCCC3)n2Cc2ccccc2)cc1C. The fourth-order valence-electron chi connectivity index (χ4n) is 4.06. The number of anilines is 1. The average Bonchev–Trinajstić information content (AvgIpc) is 3.22. The lowest BCUT2D eigenvalue weighted by Crippen LogP contribution is -2.35. The van der Waals surface area contributed by atoms with Gasteiger partial charge in [-0.2, -0.15) is 0 Å². The number of aromatic nitrogens is 3. The van der Waals surface area contributed by atoms with E-state index in [2.05, 4.69) is 42.4 Å². The summed E-state index contributed by atoms with van der Waals surface area (Å²) in [7, 11) is 0. The van der Waals surface area contributed by atoms with Crippen molar-refractivity contribution in [2.75, 3.05) is 24.2 Å². The highest BCUT2D eigenvalue weighted by Gasteiger charge is 2.19. The van der Waals surface area contributed by atoms with E-state index in [1.807, 2.05) is 50.2 Å². The number of rotatable bonds is 8. The minimum atomic E-state index is -0.546. The Bertz CT molecular complexity index is 1160. The third-order valence-electron chi connectivity index (χ3n) is 6.14. The molecule has 2 heterocycles. The number of imide groups is 1. The highest BCUT2D eigenvalue weighted by Crippen LogP contribution is 2.21. The Morgan fingerprint density at radius 3 is 2.46 bits per heavy atom. The van der Waals surface area contributed by atoms with Crippen molar-refractivity contribution < 1.29 is 9.59 Å². The van der Waals surface area contributed by atoms with E-state index in [4.69, 9.17) is 0 Å². The molecule has 184 valence electrons. The molecule has 0 bridgehead atoms. The van der Waals surface area contributed by atoms with Gasteiger partial charge in [-0.3, -0.25) is 15.0 Å². The number of amides is 3. The lowest BCUT2D eigenvalue weighted by Gasteiger charge is -2.26. The smallest absolute Gasteiger partial charge is 0.308 e. The van der Waals surface area contributed by atoms with Crippen LogP contribution >= 0.6 is 11.8 Å². The molecule has 1 aliphatic heterocycles. The molecule has 4 rings (SSSR count). The number of urea groups is 1. The van der Waals surface area contributed by atoms with Gasteiger partial charge in [0.15, 0.2) is 5.16 Å². The minimum absolute atomic E-state index is 0.0665. The van der Waals surface area contributed by atoms with Gasteiger partial charge in [-0.05, 0) is 68.6 Å². The van der Waals surface area contributed by atoms with E-state index >= 15 is 0 Å². The second-order valence-corrected chi connectivity index (χ2v) is 9.84. The molecule has 1 aromatic heterocycles. The van der Waals surface area contributed by atoms with Crippen LogP contribution in [0.5, 0.6) is 0 Å². The van der Waals surface area contributed by atoms with Crippen LogP contribution in [0.25, 0.3) is 0 Å². The van der Waals surface area contributed by atoms with Crippen molar-refractivity contribution in [2.45, 2.75) is 51.4 Å². The number of piperidine rings is 1. The van der Waals surface area contributed by atoms with Gasteiger partial charge in [0.05, 0.1) is 18.8 Å². The van der Waals surface area contributed by atoms with Crippen LogP contribution in [0.2, 0.25) is 0 Å². The molecule has 8 nitrogen and oxygen atoms in total. The van der Waals surface area contributed by atoms with Crippen LogP contribution < -0.4 is 10.6 Å². The summed E-state index contributed by atoms with van der Waals surface area (Å²) in [5.74, 6) is 0.575. The first kappa shape index (κ1) is 24.9. The fraction of sp³-hybridized carbons (Fsp3) is 0.385. The van der Waals surface area contributed by atoms with Crippen LogP contribution in [0.1, 0.15) is 41.8 Å². The van der Waals surface area contributed by atoms with Crippen molar-refractivity contribution in [3.05, 3.63) is 71.0 Å². The van der Waals surface area contributed by atoms with Gasteiger partial charge >= 0.3 is 6.03 Å². The zero-order valence-corrected chi connectivity index (χ0v) is 21.1. The molecule has 1 saturated heterocycles. The zero-order chi connectivity index (χ0) is 24.6. The summed E-state index contributed by atoms with van der Waals surface area (Å²) in [6.07, 6.45) is 3.69. The average molecular weight is 493 g/mol. The van der Waals surface area contributed by atoms with E-state index in [1.165, 1.54) is 31.0 Å². The zero-order valence-electron chi connectivity index (χ0n) is 20.3. The third kappa shape index (κ3) is 7.16. The standard InChI is InChI=1S/C26H32N6O2S/c1-19-11-12-22(15-20(19)2)27-25(34)28-24(33)18-35-26-30-29-23(17-31-13-7-4-8-14-31)32(26)16-21-9-5-3-6-10-21/h3,5-6,9-12,15H,4,7-8,13-14,16-18H2,1-2H3,(H2,27,28,33,34). The molecule has 1 fully saturated rings. The number of benzene rings is 2. The van der Waals surface area contributed by atoms with E-state index in [0.29, 0.717) is 17.4 Å². The summed E-state index contributed by atoms with van der Waals surface area (Å²) in [6.45, 7) is 7.50. The van der Waals surface area contributed by atoms with Gasteiger partial charge in [0.2, 0.25) is 5.91 Å². The first-order valence-corrected chi connectivity index (χ1v) is 13.0. The van der Waals surface area contributed by atoms with Gasteiger partial charge in [-0.25, -0.2) is 4.79 Å². The maximum Gasteiger partial charge on any atom is 0.325 e. The highest BCUT2D eigenvalue weighted by atomic mass is 32.2. The van der Waals surface area contributed by atoms with Gasteiger partial charge in [0.25, 0.3) is 0 Å². The number of hydrogen-bond acceptors (Lipinski definition) is 6. The Morgan fingerprint density at radius 2 is 1.71 bits per heavy atom. The van der Waals surface area contributed by atoms with Crippen molar-refractivity contribution in [1.82, 2.24) is 25.0 Å². The van der Waals surface area contributed by atoms with E-state index in [-0.39, 0.29) is 11.7 Å². The number of carbonyl (C=O) groups is 2. The first-order chi connectivity index (χ1) is 17.0. The molecule has 3 aromatic rings. The molecule has 1 aliphatic rings. The molecule has 0 radical (unpaired) electrons. The lowest BCUT2D eigenvalue weighted by molar-refractivity contribution is -0.117. The van der Waals surface area contributed by atoms with E-state index in [0.717, 1.165) is 42.1 Å². The normalized spacial score (nSPS) is 14.0. The number of nitrogens with zero attached hydrogens (tertiary/aromatic N) is 4. The van der Waals surface area contributed by atoms with Gasteiger partial charge in [0, 0.05) is 5.69 Å². The number of aryl methyl sites for hydroxylation is 2. The number of nitrogens with one attached hydrogen (secondary N) is 2. The van der Waals surface area contributed by atoms with Crippen LogP contribution in [0.4, 0.5) is 10.5 Å². The summed E-state index contributed by atoms with van der Waals surface area (Å²) in [5, 5.41) is 14.6. The number of thioether (sulfide) groups is 1. The second kappa shape index (κ2) is 12.0. The molecule has 2 N–H and O–H groups in total. The summed E-state index contributed by atoms with van der Waals surface area (Å²) in [6, 6.07) is 15.2. The molecule has 0 aliphatic carbocycles. The Hall–Kier alpha value is -3.17. The Morgan fingerprint density at radius 1 is 0.943 bits per heavy atom. The molecular weight excluding hydrogens is 460 g/mol. The molecular formula is C26H32N6O2S. The van der Waals surface area contributed by atoms with E-state index in [9.17, 15) is 9.59 Å². The molecule has 0 saturated carbocycles. The summed E-state index contributed by atoms with van der Waals surface area (Å²) >= 11 is 1.29. The fourth-order valence-corrected chi connectivity index (χ4v) is 4.82. The predicted molar refractivity (Wildman–Crippen MR) is 138 cm³/mol. The maximum absolute atomic E-state index is 12.5. The lowest BCUT2D eigenvalue weighted by atomic mass is 10.1. The largest absolute Gasteiger partial charge is 0.325 e. The number of likely N-dealkylation sites (tertiary alicyclic amines) is 1. The third-order valence-corrected chi connectivity index (χ3v) is 7.11. The minimum Gasteiger partial charge on any atom is -0.308 e. The molecule has 0 spiro atoms. The molecule has 0 atom stereocenters. The first-order valence-electron chi connectivity index (χ1n) is 12.0. The van der Waals surface area contributed by atoms with Crippen LogP contribution in [-0.4, -0.2) is 50.4 Å². The monoisotopic (exact) mass is 492 g/mol. The second-order valence-electron chi connectivity index (χ2n) is 8.90. The van der Waals surface area contributed by atoms with Gasteiger partial charge in [-0.15, -0.1) is 10.2 Å². The van der Waals surface area contributed by atoms with Gasteiger partial charge in [-0.1, -0.05) is 54.6 Å². The van der Waals surface area contributed by atoms with E-state index < -0.39 is 6.03 Å². The molecule has 9 heteroatoms. The quantitative estimate of drug-likeness (QED) is 0.454. The van der Waals surface area contributed by atoms with Crippen molar-refractivity contribution in [3.63, 3.8) is 0 Å². The van der Waals surface area contributed by atoms with Crippen LogP contribution in [0.3, 0.4) is 0 Å². The van der Waals surface area contributed by atoms with E-state index in [1.54, 1.807) is 0 Å². The molecule has 3 amide bonds. The Balaban J connectivity index is 1.38. The predicted octanol–water partition coefficient (Wildman–Crippen LogP) is 4.37. The number of hydrogen-bond donors (Lipinski definition) is 2. The molecule has 35 heavy (non-hydrogen) atoms. The van der Waals surface area contributed by atoms with Crippen LogP contribution in [-0.2, 0) is 17.9 Å². The number of carbonyl (C=O) groups excluding carboxylic acids is 2. The molecule has 0 unspecified atom stereocenters. The Labute approximate surface area is 210 Å².